The van der Waals surface area contributed by atoms with E-state index in [1.165, 1.54) is 93.0 Å². The van der Waals surface area contributed by atoms with E-state index in [0.717, 1.165) is 29.9 Å². The zero-order valence-electron chi connectivity index (χ0n) is 29.7. The fourth-order valence-electron chi connectivity index (χ4n) is 10.4. The van der Waals surface area contributed by atoms with Gasteiger partial charge >= 0.3 is 0 Å². The highest BCUT2D eigenvalue weighted by Crippen LogP contribution is 2.59. The summed E-state index contributed by atoms with van der Waals surface area (Å²) in [5, 5.41) is 11.8. The monoisotopic (exact) mass is 677 g/mol. The van der Waals surface area contributed by atoms with Crippen LogP contribution in [-0.4, -0.2) is 14.1 Å². The lowest BCUT2D eigenvalue weighted by atomic mass is 9.75. The number of hydrogen-bond donors (Lipinski definition) is 0. The number of nitrogens with zero attached hydrogens (tertiary/aromatic N) is 3. The Morgan fingerprint density at radius 1 is 0.509 bits per heavy atom. The molecule has 0 N–H and O–H groups in total. The van der Waals surface area contributed by atoms with Crippen molar-refractivity contribution in [3.8, 4) is 11.4 Å². The van der Waals surface area contributed by atoms with Gasteiger partial charge in [0.25, 0.3) is 0 Å². The molecule has 3 heteroatoms. The molecule has 0 atom stereocenters. The number of pyridine rings is 1. The molecule has 2 aliphatic rings. The predicted molar refractivity (Wildman–Crippen MR) is 223 cm³/mol. The van der Waals surface area contributed by atoms with Crippen LogP contribution in [0.3, 0.4) is 0 Å². The number of para-hydroxylation sites is 2. The summed E-state index contributed by atoms with van der Waals surface area (Å²) in [5.74, 6) is 0. The van der Waals surface area contributed by atoms with Crippen molar-refractivity contribution in [2.45, 2.75) is 32.1 Å². The largest absolute Gasteiger partial charge is 0.309 e. The maximum absolute atomic E-state index is 5.12. The van der Waals surface area contributed by atoms with Crippen LogP contribution < -0.4 is 0 Å². The van der Waals surface area contributed by atoms with Crippen LogP contribution in [0.4, 0.5) is 0 Å². The maximum Gasteiger partial charge on any atom is 0.145 e. The summed E-state index contributed by atoms with van der Waals surface area (Å²) in [4.78, 5) is 5.12. The maximum atomic E-state index is 5.12. The first-order chi connectivity index (χ1) is 26.1. The van der Waals surface area contributed by atoms with E-state index < -0.39 is 0 Å². The lowest BCUT2D eigenvalue weighted by molar-refractivity contribution is 0.701. The Labute approximate surface area is 307 Å². The molecule has 2 aliphatic carbocycles. The standard InChI is InChI=1S/C50H35N3/c1-50(2)46-39(25-24-38-34-17-4-3-15-32(34)33-16-5-6-20-37(33)45(38)46)40-26-27-41-42-21-12-28-51-49(42)53(48(41)47(40)50)31-14-11-13-30(29-31)52-43-22-9-7-18-35(43)36-19-8-10-23-44(36)52/h3-25,28-29H,26-27H2,1-2H3. The average Bonchev–Trinajstić information content (AvgIpc) is 3.81. The molecular formula is C50H35N3. The predicted octanol–water partition coefficient (Wildman–Crippen LogP) is 12.7. The minimum absolute atomic E-state index is 0.249. The summed E-state index contributed by atoms with van der Waals surface area (Å²) < 4.78 is 4.90. The van der Waals surface area contributed by atoms with Crippen molar-refractivity contribution >= 4 is 76.3 Å². The van der Waals surface area contributed by atoms with E-state index in [2.05, 4.69) is 169 Å². The van der Waals surface area contributed by atoms with E-state index in [4.69, 9.17) is 4.98 Å². The van der Waals surface area contributed by atoms with Crippen molar-refractivity contribution in [2.24, 2.45) is 0 Å². The molecule has 0 saturated carbocycles. The van der Waals surface area contributed by atoms with E-state index in [0.29, 0.717) is 0 Å². The third-order valence-electron chi connectivity index (χ3n) is 12.4. The van der Waals surface area contributed by atoms with Crippen LogP contribution in [-0.2, 0) is 11.8 Å². The van der Waals surface area contributed by atoms with Crippen molar-refractivity contribution in [1.82, 2.24) is 14.1 Å². The lowest BCUT2D eigenvalue weighted by Gasteiger charge is -2.30. The Kier molecular flexibility index (Phi) is 5.68. The van der Waals surface area contributed by atoms with Crippen LogP contribution in [0.1, 0.15) is 42.7 Å². The highest BCUT2D eigenvalue weighted by atomic mass is 15.1. The van der Waals surface area contributed by atoms with Gasteiger partial charge in [-0.25, -0.2) is 4.98 Å². The van der Waals surface area contributed by atoms with Gasteiger partial charge in [-0.1, -0.05) is 117 Å². The Hall–Kier alpha value is -6.45. The van der Waals surface area contributed by atoms with Crippen molar-refractivity contribution < 1.29 is 0 Å². The van der Waals surface area contributed by atoms with Crippen LogP contribution in [0.2, 0.25) is 0 Å². The zero-order valence-corrected chi connectivity index (χ0v) is 29.7. The first-order valence-electron chi connectivity index (χ1n) is 18.8. The summed E-state index contributed by atoms with van der Waals surface area (Å²) >= 11 is 0. The summed E-state index contributed by atoms with van der Waals surface area (Å²) in [6.45, 7) is 4.94. The molecule has 53 heavy (non-hydrogen) atoms. The molecule has 0 amide bonds. The first-order valence-corrected chi connectivity index (χ1v) is 18.8. The lowest BCUT2D eigenvalue weighted by Crippen LogP contribution is -2.21. The van der Waals surface area contributed by atoms with Gasteiger partial charge in [-0.05, 0) is 115 Å². The molecule has 7 aromatic carbocycles. The van der Waals surface area contributed by atoms with Crippen molar-refractivity contribution in [2.75, 3.05) is 0 Å². The van der Waals surface area contributed by atoms with Crippen LogP contribution in [0.15, 0.2) is 152 Å². The summed E-state index contributed by atoms with van der Waals surface area (Å²) in [5.41, 5.74) is 14.0. The molecule has 0 aliphatic heterocycles. The molecule has 0 fully saturated rings. The molecule has 0 spiro atoms. The first kappa shape index (κ1) is 29.2. The van der Waals surface area contributed by atoms with E-state index in [1.807, 2.05) is 6.20 Å². The molecule has 3 aromatic heterocycles. The number of benzene rings is 7. The van der Waals surface area contributed by atoms with Gasteiger partial charge in [0.15, 0.2) is 0 Å². The van der Waals surface area contributed by atoms with Gasteiger partial charge in [0.1, 0.15) is 5.65 Å². The Balaban J connectivity index is 1.14. The Morgan fingerprint density at radius 3 is 1.77 bits per heavy atom. The third-order valence-corrected chi connectivity index (χ3v) is 12.4. The Morgan fingerprint density at radius 2 is 1.08 bits per heavy atom. The smallest absolute Gasteiger partial charge is 0.145 e. The molecule has 10 aromatic rings. The van der Waals surface area contributed by atoms with Gasteiger partial charge < -0.3 is 4.57 Å². The molecule has 3 heterocycles. The molecule has 0 radical (unpaired) electrons. The highest BCUT2D eigenvalue weighted by molar-refractivity contribution is 6.28. The number of fused-ring (bicyclic) bond motifs is 16. The highest BCUT2D eigenvalue weighted by Gasteiger charge is 2.44. The third kappa shape index (κ3) is 3.71. The van der Waals surface area contributed by atoms with Crippen molar-refractivity contribution in [1.29, 1.82) is 0 Å². The summed E-state index contributed by atoms with van der Waals surface area (Å²) in [7, 11) is 0. The van der Waals surface area contributed by atoms with E-state index in [1.54, 1.807) is 0 Å². The van der Waals surface area contributed by atoms with Gasteiger partial charge in [0.05, 0.1) is 16.7 Å². The molecule has 0 unspecified atom stereocenters. The second-order valence-electron chi connectivity index (χ2n) is 15.4. The Bertz CT molecular complexity index is 3170. The van der Waals surface area contributed by atoms with Crippen molar-refractivity contribution in [3.63, 3.8) is 0 Å². The fourth-order valence-corrected chi connectivity index (χ4v) is 10.4. The molecule has 12 rings (SSSR count). The van der Waals surface area contributed by atoms with Crippen molar-refractivity contribution in [3.05, 3.63) is 174 Å². The molecule has 3 nitrogen and oxygen atoms in total. The topological polar surface area (TPSA) is 22.8 Å². The van der Waals surface area contributed by atoms with Gasteiger partial charge in [0, 0.05) is 39.1 Å². The summed E-state index contributed by atoms with van der Waals surface area (Å²) in [6.07, 6.45) is 3.96. The number of rotatable bonds is 2. The molecule has 0 bridgehead atoms. The number of aryl methyl sites for hydroxylation is 1. The molecule has 250 valence electrons. The normalized spacial score (nSPS) is 14.9. The second-order valence-corrected chi connectivity index (χ2v) is 15.4. The quantitative estimate of drug-likeness (QED) is 0.167. The SMILES string of the molecule is CC1(C)C2=C(CCc3c2n(-c2cccc(-n4c5ccccc5c5ccccc54)c2)c2ncccc32)c2ccc3c4ccccc4c4ccccc4c3c21. The molecule has 0 saturated heterocycles. The number of aromatic nitrogens is 3. The van der Waals surface area contributed by atoms with E-state index in [-0.39, 0.29) is 5.41 Å². The van der Waals surface area contributed by atoms with Gasteiger partial charge in [-0.3, -0.25) is 4.57 Å². The summed E-state index contributed by atoms with van der Waals surface area (Å²) in [6, 6.07) is 53.8. The van der Waals surface area contributed by atoms with Crippen LogP contribution >= 0.6 is 0 Å². The molecular weight excluding hydrogens is 643 g/mol. The fraction of sp³-hybridized carbons (Fsp3) is 0.100. The van der Waals surface area contributed by atoms with E-state index >= 15 is 0 Å². The van der Waals surface area contributed by atoms with Crippen LogP contribution in [0.25, 0.3) is 87.7 Å². The number of hydrogen-bond acceptors (Lipinski definition) is 1. The van der Waals surface area contributed by atoms with Gasteiger partial charge in [0.2, 0.25) is 0 Å². The number of allylic oxidation sites excluding steroid dienone is 2. The minimum atomic E-state index is -0.249. The van der Waals surface area contributed by atoms with Crippen LogP contribution in [0, 0.1) is 0 Å². The average molecular weight is 678 g/mol. The second kappa shape index (κ2) is 10.3. The van der Waals surface area contributed by atoms with Gasteiger partial charge in [-0.15, -0.1) is 0 Å². The minimum Gasteiger partial charge on any atom is -0.309 e. The van der Waals surface area contributed by atoms with Gasteiger partial charge in [-0.2, -0.15) is 0 Å². The van der Waals surface area contributed by atoms with Crippen LogP contribution in [0.5, 0.6) is 0 Å². The zero-order chi connectivity index (χ0) is 35.0. The van der Waals surface area contributed by atoms with E-state index in [9.17, 15) is 0 Å².